The van der Waals surface area contributed by atoms with Crippen LogP contribution >= 0.6 is 0 Å². The standard InChI is InChI=1S/C18H24N4O3/c1-3-17-20-16(21-25-17)12-24-15-8-6-13(7-9-15)18(23)22-10-4-5-14(22)11-19-2/h6-9,14,19H,3-5,10-12H2,1-2H3. The first kappa shape index (κ1) is 17.4. The lowest BCUT2D eigenvalue weighted by molar-refractivity contribution is 0.0737. The van der Waals surface area contributed by atoms with Crippen LogP contribution in [0, 0.1) is 0 Å². The maximum atomic E-state index is 12.7. The molecule has 3 rings (SSSR count). The smallest absolute Gasteiger partial charge is 0.254 e. The van der Waals surface area contributed by atoms with E-state index in [0.29, 0.717) is 29.4 Å². The van der Waals surface area contributed by atoms with Crippen LogP contribution in [0.1, 0.15) is 41.8 Å². The third-order valence-electron chi connectivity index (χ3n) is 4.36. The van der Waals surface area contributed by atoms with E-state index in [1.807, 2.05) is 18.9 Å². The van der Waals surface area contributed by atoms with Gasteiger partial charge < -0.3 is 19.5 Å². The van der Waals surface area contributed by atoms with Gasteiger partial charge in [-0.1, -0.05) is 12.1 Å². The number of likely N-dealkylation sites (N-methyl/N-ethyl adjacent to an activating group) is 1. The maximum absolute atomic E-state index is 12.7. The van der Waals surface area contributed by atoms with Crippen molar-refractivity contribution in [2.24, 2.45) is 0 Å². The average molecular weight is 344 g/mol. The van der Waals surface area contributed by atoms with Crippen molar-refractivity contribution in [3.63, 3.8) is 0 Å². The van der Waals surface area contributed by atoms with Gasteiger partial charge in [-0.3, -0.25) is 4.79 Å². The topological polar surface area (TPSA) is 80.5 Å². The average Bonchev–Trinajstić information content (AvgIpc) is 3.29. The second kappa shape index (κ2) is 8.11. The highest BCUT2D eigenvalue weighted by Gasteiger charge is 2.28. The molecule has 7 heteroatoms. The monoisotopic (exact) mass is 344 g/mol. The van der Waals surface area contributed by atoms with Gasteiger partial charge in [0.2, 0.25) is 11.7 Å². The summed E-state index contributed by atoms with van der Waals surface area (Å²) in [4.78, 5) is 18.8. The molecule has 1 fully saturated rings. The molecule has 2 aromatic rings. The number of rotatable bonds is 7. The number of amides is 1. The Morgan fingerprint density at radius 2 is 2.20 bits per heavy atom. The fourth-order valence-corrected chi connectivity index (χ4v) is 3.05. The number of carbonyl (C=O) groups is 1. The Balaban J connectivity index is 1.58. The number of aromatic nitrogens is 2. The van der Waals surface area contributed by atoms with Crippen molar-refractivity contribution >= 4 is 5.91 Å². The van der Waals surface area contributed by atoms with Gasteiger partial charge in [-0.2, -0.15) is 4.98 Å². The van der Waals surface area contributed by atoms with Gasteiger partial charge in [0.1, 0.15) is 5.75 Å². The van der Waals surface area contributed by atoms with E-state index >= 15 is 0 Å². The largest absolute Gasteiger partial charge is 0.485 e. The zero-order valence-corrected chi connectivity index (χ0v) is 14.7. The van der Waals surface area contributed by atoms with Gasteiger partial charge in [-0.15, -0.1) is 0 Å². The molecule has 1 atom stereocenters. The third kappa shape index (κ3) is 4.17. The Bertz CT molecular complexity index is 699. The number of hydrogen-bond acceptors (Lipinski definition) is 6. The van der Waals surface area contributed by atoms with Crippen molar-refractivity contribution in [2.75, 3.05) is 20.1 Å². The van der Waals surface area contributed by atoms with E-state index < -0.39 is 0 Å². The highest BCUT2D eigenvalue weighted by molar-refractivity contribution is 5.94. The predicted molar refractivity (Wildman–Crippen MR) is 92.4 cm³/mol. The SMILES string of the molecule is CCc1nc(COc2ccc(C(=O)N3CCCC3CNC)cc2)no1. The number of likely N-dealkylation sites (tertiary alicyclic amines) is 1. The number of nitrogens with zero attached hydrogens (tertiary/aromatic N) is 3. The first-order chi connectivity index (χ1) is 12.2. The zero-order chi connectivity index (χ0) is 17.6. The van der Waals surface area contributed by atoms with Crippen molar-refractivity contribution in [2.45, 2.75) is 38.8 Å². The molecule has 1 saturated heterocycles. The molecule has 0 saturated carbocycles. The van der Waals surface area contributed by atoms with Gasteiger partial charge >= 0.3 is 0 Å². The van der Waals surface area contributed by atoms with Gasteiger partial charge in [0.05, 0.1) is 0 Å². The van der Waals surface area contributed by atoms with Gasteiger partial charge in [0, 0.05) is 31.1 Å². The molecule has 0 aliphatic carbocycles. The Kier molecular flexibility index (Phi) is 5.65. The number of aryl methyl sites for hydroxylation is 1. The molecule has 25 heavy (non-hydrogen) atoms. The van der Waals surface area contributed by atoms with E-state index in [0.717, 1.165) is 25.9 Å². The molecule has 1 unspecified atom stereocenters. The number of ether oxygens (including phenoxy) is 1. The summed E-state index contributed by atoms with van der Waals surface area (Å²) in [5.41, 5.74) is 0.684. The van der Waals surface area contributed by atoms with Gasteiger partial charge in [0.25, 0.3) is 5.91 Å². The molecule has 2 heterocycles. The Morgan fingerprint density at radius 3 is 2.88 bits per heavy atom. The second-order valence-corrected chi connectivity index (χ2v) is 6.12. The molecule has 1 amide bonds. The summed E-state index contributed by atoms with van der Waals surface area (Å²) in [6, 6.07) is 7.49. The first-order valence-corrected chi connectivity index (χ1v) is 8.71. The number of benzene rings is 1. The van der Waals surface area contributed by atoms with E-state index in [1.54, 1.807) is 24.3 Å². The van der Waals surface area contributed by atoms with Crippen LogP contribution in [0.25, 0.3) is 0 Å². The summed E-state index contributed by atoms with van der Waals surface area (Å²) >= 11 is 0. The molecule has 1 N–H and O–H groups in total. The first-order valence-electron chi connectivity index (χ1n) is 8.71. The van der Waals surface area contributed by atoms with E-state index in [9.17, 15) is 4.79 Å². The zero-order valence-electron chi connectivity index (χ0n) is 14.7. The summed E-state index contributed by atoms with van der Waals surface area (Å²) in [6.07, 6.45) is 2.82. The van der Waals surface area contributed by atoms with Crippen molar-refractivity contribution in [1.82, 2.24) is 20.4 Å². The lowest BCUT2D eigenvalue weighted by Crippen LogP contribution is -2.40. The van der Waals surface area contributed by atoms with Crippen LogP contribution in [-0.4, -0.2) is 47.1 Å². The van der Waals surface area contributed by atoms with E-state index in [2.05, 4.69) is 15.5 Å². The minimum absolute atomic E-state index is 0.0788. The number of nitrogens with one attached hydrogen (secondary N) is 1. The minimum Gasteiger partial charge on any atom is -0.485 e. The van der Waals surface area contributed by atoms with Gasteiger partial charge in [-0.25, -0.2) is 0 Å². The predicted octanol–water partition coefficient (Wildman–Crippen LogP) is 2.04. The van der Waals surface area contributed by atoms with Gasteiger partial charge in [0.15, 0.2) is 6.61 Å². The highest BCUT2D eigenvalue weighted by Crippen LogP contribution is 2.21. The highest BCUT2D eigenvalue weighted by atomic mass is 16.5. The molecular weight excluding hydrogens is 320 g/mol. The third-order valence-corrected chi connectivity index (χ3v) is 4.36. The van der Waals surface area contributed by atoms with E-state index in [4.69, 9.17) is 9.26 Å². The lowest BCUT2D eigenvalue weighted by atomic mass is 10.1. The fraction of sp³-hybridized carbons (Fsp3) is 0.500. The van der Waals surface area contributed by atoms with E-state index in [1.165, 1.54) is 0 Å². The van der Waals surface area contributed by atoms with Crippen LogP contribution in [0.4, 0.5) is 0 Å². The molecule has 1 aromatic heterocycles. The second-order valence-electron chi connectivity index (χ2n) is 6.12. The quantitative estimate of drug-likeness (QED) is 0.828. The Labute approximate surface area is 147 Å². The van der Waals surface area contributed by atoms with Crippen LogP contribution in [0.2, 0.25) is 0 Å². The Hall–Kier alpha value is -2.41. The van der Waals surface area contributed by atoms with Crippen molar-refractivity contribution in [1.29, 1.82) is 0 Å². The summed E-state index contributed by atoms with van der Waals surface area (Å²) in [5, 5.41) is 7.01. The molecular formula is C18H24N4O3. The summed E-state index contributed by atoms with van der Waals surface area (Å²) in [5.74, 6) is 1.87. The molecule has 1 aromatic carbocycles. The summed E-state index contributed by atoms with van der Waals surface area (Å²) in [7, 11) is 1.92. The van der Waals surface area contributed by atoms with Crippen LogP contribution < -0.4 is 10.1 Å². The van der Waals surface area contributed by atoms with Crippen LogP contribution in [0.3, 0.4) is 0 Å². The minimum atomic E-state index is 0.0788. The number of carbonyl (C=O) groups excluding carboxylic acids is 1. The van der Waals surface area contributed by atoms with E-state index in [-0.39, 0.29) is 18.6 Å². The molecule has 1 aliphatic heterocycles. The Morgan fingerprint density at radius 1 is 1.40 bits per heavy atom. The van der Waals surface area contributed by atoms with Gasteiger partial charge in [-0.05, 0) is 44.2 Å². The molecule has 0 radical (unpaired) electrons. The lowest BCUT2D eigenvalue weighted by Gasteiger charge is -2.24. The molecule has 0 spiro atoms. The molecule has 0 bridgehead atoms. The molecule has 134 valence electrons. The van der Waals surface area contributed by atoms with Crippen molar-refractivity contribution in [3.8, 4) is 5.75 Å². The molecule has 7 nitrogen and oxygen atoms in total. The number of hydrogen-bond donors (Lipinski definition) is 1. The summed E-state index contributed by atoms with van der Waals surface area (Å²) < 4.78 is 10.7. The van der Waals surface area contributed by atoms with Crippen LogP contribution in [-0.2, 0) is 13.0 Å². The van der Waals surface area contributed by atoms with Crippen LogP contribution in [0.15, 0.2) is 28.8 Å². The summed E-state index contributed by atoms with van der Waals surface area (Å²) in [6.45, 7) is 3.85. The normalized spacial score (nSPS) is 17.0. The fourth-order valence-electron chi connectivity index (χ4n) is 3.05. The van der Waals surface area contributed by atoms with Crippen molar-refractivity contribution in [3.05, 3.63) is 41.5 Å². The van der Waals surface area contributed by atoms with Crippen molar-refractivity contribution < 1.29 is 14.1 Å². The molecule has 1 aliphatic rings. The maximum Gasteiger partial charge on any atom is 0.254 e. The van der Waals surface area contributed by atoms with Crippen LogP contribution in [0.5, 0.6) is 5.75 Å².